The highest BCUT2D eigenvalue weighted by Crippen LogP contribution is 2.20. The van der Waals surface area contributed by atoms with Crippen LogP contribution in [0.3, 0.4) is 0 Å². The van der Waals surface area contributed by atoms with Gasteiger partial charge in [0.15, 0.2) is 0 Å². The molecule has 0 saturated heterocycles. The fourth-order valence-electron chi connectivity index (χ4n) is 2.05. The van der Waals surface area contributed by atoms with E-state index in [2.05, 4.69) is 12.2 Å². The number of unbranched alkanes of at least 4 members (excludes halogenated alkanes) is 1. The predicted octanol–water partition coefficient (Wildman–Crippen LogP) is 1.99. The number of carbonyl (C=O) groups is 1. The second-order valence-electron chi connectivity index (χ2n) is 4.83. The molecule has 0 aromatic rings. The minimum absolute atomic E-state index is 0.192. The van der Waals surface area contributed by atoms with Gasteiger partial charge in [0.2, 0.25) is 0 Å². The number of hydrogen-bond donors (Lipinski definition) is 2. The molecule has 1 fully saturated rings. The summed E-state index contributed by atoms with van der Waals surface area (Å²) >= 11 is 0. The summed E-state index contributed by atoms with van der Waals surface area (Å²) in [6.07, 6.45) is 6.98. The van der Waals surface area contributed by atoms with Crippen molar-refractivity contribution in [2.75, 3.05) is 0 Å². The van der Waals surface area contributed by atoms with Crippen LogP contribution in [0.15, 0.2) is 0 Å². The Bertz CT molecular complexity index is 208. The molecule has 0 aromatic heterocycles. The molecule has 0 aliphatic heterocycles. The zero-order valence-corrected chi connectivity index (χ0v) is 9.88. The minimum atomic E-state index is -1.18. The molecule has 1 saturated carbocycles. The van der Waals surface area contributed by atoms with E-state index in [4.69, 9.17) is 0 Å². The van der Waals surface area contributed by atoms with Crippen LogP contribution in [0.4, 0.5) is 0 Å². The van der Waals surface area contributed by atoms with Gasteiger partial charge in [-0.25, -0.2) is 0 Å². The van der Waals surface area contributed by atoms with Gasteiger partial charge in [0, 0.05) is 6.04 Å². The molecule has 1 aliphatic carbocycles. The SMILES string of the molecule is CCCCC(C)(O)C(=O)NC1CCCC1. The third kappa shape index (κ3) is 3.82. The first kappa shape index (κ1) is 12.5. The van der Waals surface area contributed by atoms with E-state index >= 15 is 0 Å². The zero-order valence-electron chi connectivity index (χ0n) is 9.88. The van der Waals surface area contributed by atoms with Gasteiger partial charge in [-0.3, -0.25) is 4.79 Å². The largest absolute Gasteiger partial charge is 0.380 e. The Kier molecular flexibility index (Phi) is 4.58. The summed E-state index contributed by atoms with van der Waals surface area (Å²) in [5.41, 5.74) is -1.18. The zero-order chi connectivity index (χ0) is 11.3. The van der Waals surface area contributed by atoms with Crippen molar-refractivity contribution in [2.45, 2.75) is 70.4 Å². The predicted molar refractivity (Wildman–Crippen MR) is 60.5 cm³/mol. The first-order chi connectivity index (χ1) is 7.06. The molecule has 1 unspecified atom stereocenters. The van der Waals surface area contributed by atoms with E-state index in [0.29, 0.717) is 12.5 Å². The van der Waals surface area contributed by atoms with Crippen molar-refractivity contribution >= 4 is 5.91 Å². The van der Waals surface area contributed by atoms with Crippen molar-refractivity contribution in [2.24, 2.45) is 0 Å². The molecular weight excluding hydrogens is 190 g/mol. The van der Waals surface area contributed by atoms with Crippen molar-refractivity contribution < 1.29 is 9.90 Å². The molecule has 0 spiro atoms. The summed E-state index contributed by atoms with van der Waals surface area (Å²) in [6.45, 7) is 3.68. The number of nitrogens with one attached hydrogen (secondary N) is 1. The van der Waals surface area contributed by atoms with E-state index in [1.54, 1.807) is 6.92 Å². The molecule has 2 N–H and O–H groups in total. The molecular formula is C12H23NO2. The maximum absolute atomic E-state index is 11.8. The van der Waals surface area contributed by atoms with Crippen LogP contribution in [-0.2, 0) is 4.79 Å². The fourth-order valence-corrected chi connectivity index (χ4v) is 2.05. The van der Waals surface area contributed by atoms with Crippen molar-refractivity contribution in [1.29, 1.82) is 0 Å². The summed E-state index contributed by atoms with van der Waals surface area (Å²) < 4.78 is 0. The lowest BCUT2D eigenvalue weighted by Crippen LogP contribution is -2.47. The summed E-state index contributed by atoms with van der Waals surface area (Å²) in [7, 11) is 0. The molecule has 0 aromatic carbocycles. The van der Waals surface area contributed by atoms with Gasteiger partial charge in [0.25, 0.3) is 5.91 Å². The third-order valence-electron chi connectivity index (χ3n) is 3.20. The second-order valence-corrected chi connectivity index (χ2v) is 4.83. The van der Waals surface area contributed by atoms with Crippen LogP contribution in [0, 0.1) is 0 Å². The number of rotatable bonds is 5. The van der Waals surface area contributed by atoms with Crippen molar-refractivity contribution in [3.63, 3.8) is 0 Å². The molecule has 0 bridgehead atoms. The lowest BCUT2D eigenvalue weighted by molar-refractivity contribution is -0.139. The Morgan fingerprint density at radius 2 is 2.07 bits per heavy atom. The summed E-state index contributed by atoms with van der Waals surface area (Å²) in [5.74, 6) is -0.192. The van der Waals surface area contributed by atoms with Gasteiger partial charge >= 0.3 is 0 Å². The summed E-state index contributed by atoms with van der Waals surface area (Å²) in [5, 5.41) is 12.9. The summed E-state index contributed by atoms with van der Waals surface area (Å²) in [4.78, 5) is 11.8. The van der Waals surface area contributed by atoms with E-state index in [0.717, 1.165) is 25.7 Å². The molecule has 1 rings (SSSR count). The average Bonchev–Trinajstić information content (AvgIpc) is 2.67. The third-order valence-corrected chi connectivity index (χ3v) is 3.20. The van der Waals surface area contributed by atoms with Crippen LogP contribution in [0.25, 0.3) is 0 Å². The standard InChI is InChI=1S/C12H23NO2/c1-3-4-9-12(2,15)11(14)13-10-7-5-6-8-10/h10,15H,3-9H2,1-2H3,(H,13,14). The summed E-state index contributed by atoms with van der Waals surface area (Å²) in [6, 6.07) is 0.297. The number of amides is 1. The van der Waals surface area contributed by atoms with Gasteiger partial charge in [-0.05, 0) is 26.2 Å². The van der Waals surface area contributed by atoms with Gasteiger partial charge in [-0.15, -0.1) is 0 Å². The second kappa shape index (κ2) is 5.50. The molecule has 1 aliphatic rings. The molecule has 0 heterocycles. The Morgan fingerprint density at radius 3 is 2.60 bits per heavy atom. The lowest BCUT2D eigenvalue weighted by atomic mass is 9.97. The average molecular weight is 213 g/mol. The molecule has 0 radical (unpaired) electrons. The minimum Gasteiger partial charge on any atom is -0.380 e. The Balaban J connectivity index is 2.36. The van der Waals surface area contributed by atoms with E-state index < -0.39 is 5.60 Å². The van der Waals surface area contributed by atoms with Crippen molar-refractivity contribution in [3.8, 4) is 0 Å². The molecule has 88 valence electrons. The highest BCUT2D eigenvalue weighted by Gasteiger charge is 2.31. The lowest BCUT2D eigenvalue weighted by Gasteiger charge is -2.24. The molecule has 1 amide bonds. The quantitative estimate of drug-likeness (QED) is 0.733. The van der Waals surface area contributed by atoms with Gasteiger partial charge in [-0.2, -0.15) is 0 Å². The Morgan fingerprint density at radius 1 is 1.47 bits per heavy atom. The van der Waals surface area contributed by atoms with Gasteiger partial charge in [0.1, 0.15) is 5.60 Å². The van der Waals surface area contributed by atoms with Gasteiger partial charge in [-0.1, -0.05) is 32.6 Å². The monoisotopic (exact) mass is 213 g/mol. The number of carbonyl (C=O) groups excluding carboxylic acids is 1. The van der Waals surface area contributed by atoms with Crippen LogP contribution >= 0.6 is 0 Å². The smallest absolute Gasteiger partial charge is 0.251 e. The van der Waals surface area contributed by atoms with Gasteiger partial charge in [0.05, 0.1) is 0 Å². The maximum Gasteiger partial charge on any atom is 0.251 e. The van der Waals surface area contributed by atoms with Crippen LogP contribution in [0.1, 0.15) is 58.8 Å². The van der Waals surface area contributed by atoms with Crippen LogP contribution in [0.5, 0.6) is 0 Å². The van der Waals surface area contributed by atoms with E-state index in [1.165, 1.54) is 12.8 Å². The molecule has 3 heteroatoms. The van der Waals surface area contributed by atoms with E-state index in [1.807, 2.05) is 0 Å². The van der Waals surface area contributed by atoms with Crippen LogP contribution < -0.4 is 5.32 Å². The number of aliphatic hydroxyl groups is 1. The normalized spacial score (nSPS) is 21.3. The fraction of sp³-hybridized carbons (Fsp3) is 0.917. The molecule has 3 nitrogen and oxygen atoms in total. The molecule has 1 atom stereocenters. The van der Waals surface area contributed by atoms with E-state index in [-0.39, 0.29) is 5.91 Å². The Labute approximate surface area is 92.3 Å². The Hall–Kier alpha value is -0.570. The number of hydrogen-bond acceptors (Lipinski definition) is 2. The van der Waals surface area contributed by atoms with Crippen LogP contribution in [0.2, 0.25) is 0 Å². The first-order valence-electron chi connectivity index (χ1n) is 6.09. The van der Waals surface area contributed by atoms with E-state index in [9.17, 15) is 9.90 Å². The van der Waals surface area contributed by atoms with Crippen molar-refractivity contribution in [3.05, 3.63) is 0 Å². The topological polar surface area (TPSA) is 49.3 Å². The van der Waals surface area contributed by atoms with Crippen molar-refractivity contribution in [1.82, 2.24) is 5.32 Å². The van der Waals surface area contributed by atoms with Crippen LogP contribution in [-0.4, -0.2) is 22.7 Å². The highest BCUT2D eigenvalue weighted by molar-refractivity contribution is 5.84. The highest BCUT2D eigenvalue weighted by atomic mass is 16.3. The van der Waals surface area contributed by atoms with Gasteiger partial charge < -0.3 is 10.4 Å². The maximum atomic E-state index is 11.8. The first-order valence-corrected chi connectivity index (χ1v) is 6.09. The molecule has 15 heavy (non-hydrogen) atoms.